The van der Waals surface area contributed by atoms with Crippen LogP contribution in [0.2, 0.25) is 0 Å². The molecule has 0 saturated carbocycles. The third kappa shape index (κ3) is 4.89. The van der Waals surface area contributed by atoms with Gasteiger partial charge >= 0.3 is 0 Å². The largest absolute Gasteiger partial charge is 0.342 e. The number of hydrogen-bond acceptors (Lipinski definition) is 4. The first kappa shape index (κ1) is 19.9. The monoisotopic (exact) mass is 392 g/mol. The van der Waals surface area contributed by atoms with Gasteiger partial charge < -0.3 is 9.88 Å². The second-order valence-electron chi connectivity index (χ2n) is 6.58. The molecule has 1 aromatic heterocycles. The lowest BCUT2D eigenvalue weighted by molar-refractivity contribution is 0.0937. The highest BCUT2D eigenvalue weighted by Crippen LogP contribution is 2.24. The molecule has 1 amide bonds. The molecular formula is C22H24N4OS. The number of aryl methyl sites for hydroxylation is 1. The van der Waals surface area contributed by atoms with Crippen molar-refractivity contribution >= 4 is 17.7 Å². The lowest BCUT2D eigenvalue weighted by atomic mass is 10.2. The van der Waals surface area contributed by atoms with Crippen molar-refractivity contribution in [1.82, 2.24) is 20.1 Å². The minimum Gasteiger partial charge on any atom is -0.342 e. The Balaban J connectivity index is 1.72. The van der Waals surface area contributed by atoms with Gasteiger partial charge in [-0.15, -0.1) is 16.8 Å². The predicted octanol–water partition coefficient (Wildman–Crippen LogP) is 4.56. The number of nitrogens with one attached hydrogen (secondary N) is 1. The summed E-state index contributed by atoms with van der Waals surface area (Å²) < 4.78 is 2.00. The highest BCUT2D eigenvalue weighted by atomic mass is 32.2. The molecule has 0 unspecified atom stereocenters. The van der Waals surface area contributed by atoms with E-state index in [0.717, 1.165) is 16.7 Å². The van der Waals surface area contributed by atoms with Gasteiger partial charge in [0.25, 0.3) is 5.91 Å². The predicted molar refractivity (Wildman–Crippen MR) is 113 cm³/mol. The molecule has 1 atom stereocenters. The summed E-state index contributed by atoms with van der Waals surface area (Å²) in [7, 11) is 0. The van der Waals surface area contributed by atoms with Crippen molar-refractivity contribution in [2.24, 2.45) is 0 Å². The second-order valence-corrected chi connectivity index (χ2v) is 7.52. The number of rotatable bonds is 8. The van der Waals surface area contributed by atoms with Crippen molar-refractivity contribution in [2.45, 2.75) is 37.3 Å². The van der Waals surface area contributed by atoms with Crippen LogP contribution in [0.1, 0.15) is 40.3 Å². The normalized spacial score (nSPS) is 11.8. The number of amides is 1. The lowest BCUT2D eigenvalue weighted by Gasteiger charge is -2.15. The number of benzene rings is 2. The number of nitrogens with zero attached hydrogens (tertiary/aromatic N) is 3. The number of hydrogen-bond donors (Lipinski definition) is 1. The molecule has 1 N–H and O–H groups in total. The summed E-state index contributed by atoms with van der Waals surface area (Å²) in [5.41, 5.74) is 3.10. The standard InChI is InChI=1S/C22H24N4OS/c1-4-14-26-20(17(3)23-21(27)19-8-6-5-7-9-19)24-25-22(26)28-15-18-12-10-16(2)11-13-18/h4-13,17H,1,14-15H2,2-3H3,(H,23,27)/t17-/m0/s1. The zero-order chi connectivity index (χ0) is 19.9. The number of thioether (sulfide) groups is 1. The van der Waals surface area contributed by atoms with Crippen molar-refractivity contribution in [2.75, 3.05) is 0 Å². The topological polar surface area (TPSA) is 59.8 Å². The van der Waals surface area contributed by atoms with E-state index in [1.54, 1.807) is 23.9 Å². The quantitative estimate of drug-likeness (QED) is 0.451. The SMILES string of the molecule is C=CCn1c(SCc2ccc(C)cc2)nnc1[C@H](C)NC(=O)c1ccccc1. The Hall–Kier alpha value is -2.86. The number of carbonyl (C=O) groups is 1. The van der Waals surface area contributed by atoms with Gasteiger partial charge in [0.05, 0.1) is 6.04 Å². The molecule has 0 radical (unpaired) electrons. The Morgan fingerprint density at radius 2 is 1.89 bits per heavy atom. The Morgan fingerprint density at radius 3 is 2.57 bits per heavy atom. The summed E-state index contributed by atoms with van der Waals surface area (Å²) in [6.45, 7) is 8.42. The highest BCUT2D eigenvalue weighted by Gasteiger charge is 2.19. The van der Waals surface area contributed by atoms with E-state index in [1.165, 1.54) is 11.1 Å². The van der Waals surface area contributed by atoms with Gasteiger partial charge in [0.1, 0.15) is 0 Å². The molecule has 0 aliphatic carbocycles. The first-order valence-electron chi connectivity index (χ1n) is 9.16. The Morgan fingerprint density at radius 1 is 1.18 bits per heavy atom. The van der Waals surface area contributed by atoms with E-state index < -0.39 is 0 Å². The zero-order valence-electron chi connectivity index (χ0n) is 16.1. The summed E-state index contributed by atoms with van der Waals surface area (Å²) in [5.74, 6) is 1.39. The molecule has 2 aromatic carbocycles. The Bertz CT molecular complexity index is 935. The van der Waals surface area contributed by atoms with Gasteiger partial charge in [-0.1, -0.05) is 65.9 Å². The van der Waals surface area contributed by atoms with Gasteiger partial charge in [0.15, 0.2) is 11.0 Å². The number of aromatic nitrogens is 3. The second kappa shape index (κ2) is 9.37. The molecule has 0 saturated heterocycles. The minimum atomic E-state index is -0.270. The fraction of sp³-hybridized carbons (Fsp3) is 0.227. The van der Waals surface area contributed by atoms with Crippen LogP contribution in [0.5, 0.6) is 0 Å². The van der Waals surface area contributed by atoms with Gasteiger partial charge in [-0.2, -0.15) is 0 Å². The summed E-state index contributed by atoms with van der Waals surface area (Å²) in [6, 6.07) is 17.4. The summed E-state index contributed by atoms with van der Waals surface area (Å²) in [4.78, 5) is 12.4. The average molecular weight is 393 g/mol. The van der Waals surface area contributed by atoms with Crippen LogP contribution in [0, 0.1) is 6.92 Å². The highest BCUT2D eigenvalue weighted by molar-refractivity contribution is 7.98. The molecule has 3 rings (SSSR count). The van der Waals surface area contributed by atoms with E-state index in [9.17, 15) is 4.79 Å². The summed E-state index contributed by atoms with van der Waals surface area (Å²) >= 11 is 1.63. The third-order valence-corrected chi connectivity index (χ3v) is 5.35. The molecular weight excluding hydrogens is 368 g/mol. The number of carbonyl (C=O) groups excluding carboxylic acids is 1. The maximum absolute atomic E-state index is 12.4. The van der Waals surface area contributed by atoms with E-state index >= 15 is 0 Å². The molecule has 0 fully saturated rings. The van der Waals surface area contributed by atoms with E-state index in [2.05, 4.69) is 53.3 Å². The van der Waals surface area contributed by atoms with Crippen LogP contribution in [-0.4, -0.2) is 20.7 Å². The van der Waals surface area contributed by atoms with E-state index in [4.69, 9.17) is 0 Å². The van der Waals surface area contributed by atoms with Crippen LogP contribution in [0.3, 0.4) is 0 Å². The van der Waals surface area contributed by atoms with Gasteiger partial charge in [-0.25, -0.2) is 0 Å². The van der Waals surface area contributed by atoms with E-state index in [0.29, 0.717) is 12.1 Å². The molecule has 28 heavy (non-hydrogen) atoms. The first-order chi connectivity index (χ1) is 13.6. The number of allylic oxidation sites excluding steroid dienone is 1. The van der Waals surface area contributed by atoms with Crippen LogP contribution in [0.25, 0.3) is 0 Å². The summed E-state index contributed by atoms with van der Waals surface area (Å²) in [5, 5.41) is 12.5. The van der Waals surface area contributed by atoms with Gasteiger partial charge in [0.2, 0.25) is 0 Å². The smallest absolute Gasteiger partial charge is 0.251 e. The molecule has 0 spiro atoms. The molecule has 5 nitrogen and oxygen atoms in total. The molecule has 0 bridgehead atoms. The maximum atomic E-state index is 12.4. The van der Waals surface area contributed by atoms with Crippen molar-refractivity contribution in [3.63, 3.8) is 0 Å². The average Bonchev–Trinajstić information content (AvgIpc) is 3.11. The van der Waals surface area contributed by atoms with Crippen molar-refractivity contribution in [3.05, 3.63) is 89.8 Å². The molecule has 6 heteroatoms. The first-order valence-corrected chi connectivity index (χ1v) is 10.1. The van der Waals surface area contributed by atoms with Crippen LogP contribution in [-0.2, 0) is 12.3 Å². The fourth-order valence-corrected chi connectivity index (χ4v) is 3.70. The van der Waals surface area contributed by atoms with Crippen molar-refractivity contribution < 1.29 is 4.79 Å². The molecule has 0 aliphatic heterocycles. The summed E-state index contributed by atoms with van der Waals surface area (Å²) in [6.07, 6.45) is 1.81. The van der Waals surface area contributed by atoms with Gasteiger partial charge in [0, 0.05) is 17.9 Å². The molecule has 144 valence electrons. The van der Waals surface area contributed by atoms with Gasteiger partial charge in [-0.05, 0) is 31.5 Å². The molecule has 1 heterocycles. The fourth-order valence-electron chi connectivity index (χ4n) is 2.79. The van der Waals surface area contributed by atoms with E-state index in [1.807, 2.05) is 35.8 Å². The molecule has 3 aromatic rings. The van der Waals surface area contributed by atoms with Crippen LogP contribution < -0.4 is 5.32 Å². The third-order valence-electron chi connectivity index (χ3n) is 4.32. The van der Waals surface area contributed by atoms with Crippen molar-refractivity contribution in [3.8, 4) is 0 Å². The van der Waals surface area contributed by atoms with Crippen LogP contribution in [0.4, 0.5) is 0 Å². The minimum absolute atomic E-state index is 0.130. The van der Waals surface area contributed by atoms with Crippen LogP contribution >= 0.6 is 11.8 Å². The Kier molecular flexibility index (Phi) is 6.66. The van der Waals surface area contributed by atoms with Crippen LogP contribution in [0.15, 0.2) is 72.4 Å². The van der Waals surface area contributed by atoms with Gasteiger partial charge in [-0.3, -0.25) is 4.79 Å². The molecule has 0 aliphatic rings. The van der Waals surface area contributed by atoms with E-state index in [-0.39, 0.29) is 11.9 Å². The van der Waals surface area contributed by atoms with Crippen molar-refractivity contribution in [1.29, 1.82) is 0 Å². The zero-order valence-corrected chi connectivity index (χ0v) is 16.9. The maximum Gasteiger partial charge on any atom is 0.251 e. The lowest BCUT2D eigenvalue weighted by Crippen LogP contribution is -2.28. The Labute approximate surface area is 169 Å².